The average molecular weight is 717 g/mol. The Morgan fingerprint density at radius 3 is 1.74 bits per heavy atom. The van der Waals surface area contributed by atoms with Gasteiger partial charge in [0.15, 0.2) is 5.82 Å². The number of fused-ring (bicyclic) bond motifs is 2. The molecule has 7 aromatic rings. The highest BCUT2D eigenvalue weighted by molar-refractivity contribution is 5.81. The van der Waals surface area contributed by atoms with Crippen LogP contribution in [0.15, 0.2) is 116 Å². The summed E-state index contributed by atoms with van der Waals surface area (Å²) in [6.07, 6.45) is 10.8. The minimum Gasteiger partial charge on any atom is -0.396 e. The smallest absolute Gasteiger partial charge is 0.150 e. The molecule has 0 spiro atoms. The highest BCUT2D eigenvalue weighted by Crippen LogP contribution is 2.36. The van der Waals surface area contributed by atoms with Crippen LogP contribution in [0.2, 0.25) is 0 Å². The number of hydrogen-bond acceptors (Lipinski definition) is 10. The number of benzene rings is 3. The normalized spacial score (nSPS) is 16.1. The van der Waals surface area contributed by atoms with Gasteiger partial charge in [-0.3, -0.25) is 15.0 Å². The van der Waals surface area contributed by atoms with Gasteiger partial charge in [0.25, 0.3) is 0 Å². The molecule has 10 nitrogen and oxygen atoms in total. The van der Waals surface area contributed by atoms with Crippen LogP contribution in [0.5, 0.6) is 0 Å². The first-order valence-corrected chi connectivity index (χ1v) is 18.7. The Balaban J connectivity index is 0.000000143. The fourth-order valence-corrected chi connectivity index (χ4v) is 7.66. The van der Waals surface area contributed by atoms with Crippen molar-refractivity contribution in [1.29, 1.82) is 0 Å². The Kier molecular flexibility index (Phi) is 9.12. The zero-order chi connectivity index (χ0) is 36.4. The third-order valence-electron chi connectivity index (χ3n) is 10.7. The Morgan fingerprint density at radius 2 is 1.11 bits per heavy atom. The van der Waals surface area contributed by atoms with E-state index < -0.39 is 5.82 Å². The van der Waals surface area contributed by atoms with E-state index in [0.29, 0.717) is 17.2 Å². The molecule has 3 aromatic carbocycles. The molecular formula is C43H41FN10. The van der Waals surface area contributed by atoms with Crippen molar-refractivity contribution in [3.05, 3.63) is 133 Å². The first-order chi connectivity index (χ1) is 26.6. The van der Waals surface area contributed by atoms with Gasteiger partial charge in [-0.1, -0.05) is 42.5 Å². The Bertz CT molecular complexity index is 2420. The van der Waals surface area contributed by atoms with Crippen LogP contribution in [0.4, 0.5) is 27.5 Å². The van der Waals surface area contributed by atoms with Crippen LogP contribution in [0, 0.1) is 5.82 Å². The topological polar surface area (TPSA) is 113 Å². The number of anilines is 4. The van der Waals surface area contributed by atoms with E-state index >= 15 is 0 Å². The molecular weight excluding hydrogens is 676 g/mol. The molecule has 3 aliphatic heterocycles. The first kappa shape index (κ1) is 33.6. The van der Waals surface area contributed by atoms with Gasteiger partial charge in [-0.2, -0.15) is 0 Å². The Hall–Kier alpha value is -6.23. The lowest BCUT2D eigenvalue weighted by atomic mass is 9.92. The lowest BCUT2D eigenvalue weighted by Crippen LogP contribution is -2.46. The maximum absolute atomic E-state index is 13.9. The molecule has 4 aromatic heterocycles. The van der Waals surface area contributed by atoms with Crippen molar-refractivity contribution in [3.63, 3.8) is 0 Å². The minimum absolute atomic E-state index is 0.131. The van der Waals surface area contributed by atoms with Crippen molar-refractivity contribution in [2.24, 2.45) is 0 Å². The molecule has 0 bridgehead atoms. The molecule has 0 unspecified atom stereocenters. The molecule has 54 heavy (non-hydrogen) atoms. The van der Waals surface area contributed by atoms with Crippen molar-refractivity contribution >= 4 is 44.9 Å². The van der Waals surface area contributed by atoms with E-state index in [1.807, 2.05) is 42.7 Å². The van der Waals surface area contributed by atoms with Crippen molar-refractivity contribution in [2.45, 2.75) is 31.1 Å². The van der Waals surface area contributed by atoms with Crippen LogP contribution in [0.3, 0.4) is 0 Å². The molecule has 0 amide bonds. The maximum atomic E-state index is 13.9. The van der Waals surface area contributed by atoms with Crippen LogP contribution < -0.4 is 20.4 Å². The van der Waals surface area contributed by atoms with Gasteiger partial charge >= 0.3 is 0 Å². The van der Waals surface area contributed by atoms with E-state index in [4.69, 9.17) is 20.7 Å². The molecule has 270 valence electrons. The predicted octanol–water partition coefficient (Wildman–Crippen LogP) is 7.64. The van der Waals surface area contributed by atoms with E-state index in [1.165, 1.54) is 30.7 Å². The summed E-state index contributed by atoms with van der Waals surface area (Å²) in [6, 6.07) is 29.6. The van der Waals surface area contributed by atoms with E-state index in [2.05, 4.69) is 72.1 Å². The van der Waals surface area contributed by atoms with Crippen molar-refractivity contribution in [1.82, 2.24) is 29.9 Å². The number of nitrogen functional groups attached to an aromatic ring is 1. The summed E-state index contributed by atoms with van der Waals surface area (Å²) in [7, 11) is 0. The summed E-state index contributed by atoms with van der Waals surface area (Å²) >= 11 is 0. The molecule has 11 heteroatoms. The number of nitrogens with two attached hydrogens (primary N) is 1. The molecule has 0 atom stereocenters. The van der Waals surface area contributed by atoms with Crippen molar-refractivity contribution in [2.75, 3.05) is 59.7 Å². The second kappa shape index (κ2) is 14.7. The summed E-state index contributed by atoms with van der Waals surface area (Å²) in [5, 5.41) is 2.32. The number of nitrogens with zero attached hydrogens (tertiary/aromatic N) is 9. The van der Waals surface area contributed by atoms with Crippen molar-refractivity contribution < 1.29 is 4.39 Å². The lowest BCUT2D eigenvalue weighted by molar-refractivity contribution is 0.501. The molecule has 10 rings (SSSR count). The molecule has 0 aliphatic carbocycles. The van der Waals surface area contributed by atoms with Crippen LogP contribution >= 0.6 is 0 Å². The van der Waals surface area contributed by atoms with Gasteiger partial charge in [-0.25, -0.2) is 19.3 Å². The highest BCUT2D eigenvalue weighted by atomic mass is 19.1. The lowest BCUT2D eigenvalue weighted by Gasteiger charge is -2.41. The van der Waals surface area contributed by atoms with Gasteiger partial charge in [0.2, 0.25) is 0 Å². The number of rotatable bonds is 6. The van der Waals surface area contributed by atoms with Crippen LogP contribution in [0.1, 0.15) is 42.5 Å². The van der Waals surface area contributed by atoms with E-state index in [0.717, 1.165) is 84.5 Å². The number of aromatic nitrogens is 6. The quantitative estimate of drug-likeness (QED) is 0.172. The number of piperidine rings is 1. The Morgan fingerprint density at radius 1 is 0.556 bits per heavy atom. The predicted molar refractivity (Wildman–Crippen MR) is 213 cm³/mol. The van der Waals surface area contributed by atoms with Gasteiger partial charge in [-0.05, 0) is 67.8 Å². The van der Waals surface area contributed by atoms with Crippen LogP contribution in [-0.2, 0) is 0 Å². The van der Waals surface area contributed by atoms with Gasteiger partial charge in [0, 0.05) is 92.2 Å². The third-order valence-corrected chi connectivity index (χ3v) is 10.7. The van der Waals surface area contributed by atoms with E-state index in [1.54, 1.807) is 24.5 Å². The standard InChI is InChI=1S/C22H18FN5.C21H23N5/c23-17-11-15(5-7-18(17)24)21-22(26-10-9-25-21)16-12-28(13-16)20-8-6-14-3-1-2-4-19(14)27-20;1-4-12-25(13-5-1)21-20(22-10-11-23-21)17-14-26(15-17)19-9-8-16-6-2-3-7-18(16)24-19/h1-11,16H,12-13,24H2;2-3,6-11,17H,1,4-5,12-15H2. The van der Waals surface area contributed by atoms with E-state index in [-0.39, 0.29) is 11.6 Å². The largest absolute Gasteiger partial charge is 0.396 e. The summed E-state index contributed by atoms with van der Waals surface area (Å²) in [6.45, 7) is 5.74. The van der Waals surface area contributed by atoms with Gasteiger partial charge in [0.1, 0.15) is 17.5 Å². The number of pyridine rings is 2. The minimum atomic E-state index is -0.440. The second-order valence-corrected chi connectivity index (χ2v) is 14.3. The summed E-state index contributed by atoms with van der Waals surface area (Å²) in [5.41, 5.74) is 11.2. The molecule has 2 N–H and O–H groups in total. The van der Waals surface area contributed by atoms with Crippen LogP contribution in [0.25, 0.3) is 33.1 Å². The zero-order valence-corrected chi connectivity index (χ0v) is 30.0. The molecule has 0 radical (unpaired) electrons. The van der Waals surface area contributed by atoms with E-state index in [9.17, 15) is 4.39 Å². The maximum Gasteiger partial charge on any atom is 0.150 e. The monoisotopic (exact) mass is 716 g/mol. The number of para-hydroxylation sites is 2. The van der Waals surface area contributed by atoms with Gasteiger partial charge in [0.05, 0.1) is 33.8 Å². The summed E-state index contributed by atoms with van der Waals surface area (Å²) in [5.74, 6) is 3.33. The first-order valence-electron chi connectivity index (χ1n) is 18.7. The second-order valence-electron chi connectivity index (χ2n) is 14.3. The average Bonchev–Trinajstić information content (AvgIpc) is 3.19. The zero-order valence-electron chi connectivity index (χ0n) is 30.0. The molecule has 3 saturated heterocycles. The fraction of sp³-hybridized carbons (Fsp3) is 0.256. The third kappa shape index (κ3) is 6.73. The molecule has 7 heterocycles. The molecule has 3 aliphatic rings. The van der Waals surface area contributed by atoms with Crippen LogP contribution in [-0.4, -0.2) is 69.2 Å². The Labute approximate surface area is 313 Å². The van der Waals surface area contributed by atoms with Gasteiger partial charge in [-0.15, -0.1) is 0 Å². The summed E-state index contributed by atoms with van der Waals surface area (Å²) in [4.78, 5) is 34.9. The molecule has 0 saturated carbocycles. The van der Waals surface area contributed by atoms with Crippen molar-refractivity contribution in [3.8, 4) is 11.3 Å². The molecule has 3 fully saturated rings. The highest BCUT2D eigenvalue weighted by Gasteiger charge is 2.34. The SMILES string of the molecule is Nc1ccc(-c2nccnc2C2CN(c3ccc4ccccc4n3)C2)cc1F.c1ccc2nc(N3CC(c4nccnc4N4CCCCC4)C3)ccc2c1. The fourth-order valence-electron chi connectivity index (χ4n) is 7.66. The van der Waals surface area contributed by atoms with Gasteiger partial charge < -0.3 is 20.4 Å². The number of halogens is 1. The summed E-state index contributed by atoms with van der Waals surface area (Å²) < 4.78 is 13.9. The number of hydrogen-bond donors (Lipinski definition) is 1.